The number of amides is 1. The molecule has 1 aliphatic rings. The van der Waals surface area contributed by atoms with Crippen LogP contribution in [0.5, 0.6) is 0 Å². The van der Waals surface area contributed by atoms with Crippen molar-refractivity contribution < 1.29 is 14.1 Å². The lowest BCUT2D eigenvalue weighted by molar-refractivity contribution is 0.0952. The zero-order valence-electron chi connectivity index (χ0n) is 12.5. The molecular formula is C17H20N2O3. The fraction of sp³-hybridized carbons (Fsp3) is 0.412. The number of nitrogens with zero attached hydrogens (tertiary/aromatic N) is 1. The molecule has 1 aliphatic heterocycles. The molecule has 1 amide bonds. The molecule has 0 radical (unpaired) electrons. The average Bonchev–Trinajstić information content (AvgIpc) is 3.23. The molecule has 116 valence electrons. The van der Waals surface area contributed by atoms with Gasteiger partial charge in [0.05, 0.1) is 6.20 Å². The number of rotatable bonds is 6. The van der Waals surface area contributed by atoms with E-state index in [1.54, 1.807) is 0 Å². The second-order valence-electron chi connectivity index (χ2n) is 5.56. The largest absolute Gasteiger partial charge is 0.381 e. The summed E-state index contributed by atoms with van der Waals surface area (Å²) in [5.41, 5.74) is 1.34. The molecule has 5 heteroatoms. The Morgan fingerprint density at radius 3 is 2.95 bits per heavy atom. The Labute approximate surface area is 129 Å². The lowest BCUT2D eigenvalue weighted by Gasteiger charge is -2.08. The number of ether oxygens (including phenoxy) is 1. The maximum Gasteiger partial charge on any atom is 0.256 e. The Morgan fingerprint density at radius 1 is 1.32 bits per heavy atom. The number of carbonyl (C=O) groups excluding carboxylic acids is 1. The van der Waals surface area contributed by atoms with E-state index in [4.69, 9.17) is 9.26 Å². The van der Waals surface area contributed by atoms with Crippen molar-refractivity contribution in [2.24, 2.45) is 5.92 Å². The van der Waals surface area contributed by atoms with Crippen LogP contribution < -0.4 is 5.32 Å². The first-order chi connectivity index (χ1) is 10.8. The molecule has 5 nitrogen and oxygen atoms in total. The van der Waals surface area contributed by atoms with Gasteiger partial charge in [0.25, 0.3) is 5.91 Å². The van der Waals surface area contributed by atoms with Crippen molar-refractivity contribution in [2.75, 3.05) is 19.8 Å². The molecule has 0 aliphatic carbocycles. The van der Waals surface area contributed by atoms with Crippen molar-refractivity contribution in [1.82, 2.24) is 10.5 Å². The van der Waals surface area contributed by atoms with Crippen LogP contribution >= 0.6 is 0 Å². The summed E-state index contributed by atoms with van der Waals surface area (Å²) in [7, 11) is 0. The molecule has 1 aromatic carbocycles. The minimum Gasteiger partial charge on any atom is -0.381 e. The zero-order chi connectivity index (χ0) is 15.2. The molecule has 1 aromatic heterocycles. The monoisotopic (exact) mass is 300 g/mol. The maximum absolute atomic E-state index is 12.3. The lowest BCUT2D eigenvalue weighted by atomic mass is 10.0. The van der Waals surface area contributed by atoms with E-state index in [1.807, 2.05) is 30.3 Å². The molecular weight excluding hydrogens is 280 g/mol. The predicted molar refractivity (Wildman–Crippen MR) is 82.4 cm³/mol. The van der Waals surface area contributed by atoms with Crippen LogP contribution in [0, 0.1) is 5.92 Å². The van der Waals surface area contributed by atoms with E-state index in [0.29, 0.717) is 23.8 Å². The third-order valence-corrected chi connectivity index (χ3v) is 3.95. The van der Waals surface area contributed by atoms with Crippen LogP contribution in [0.3, 0.4) is 0 Å². The molecule has 0 unspecified atom stereocenters. The highest BCUT2D eigenvalue weighted by atomic mass is 16.5. The Balaban J connectivity index is 1.53. The van der Waals surface area contributed by atoms with Crippen LogP contribution in [-0.4, -0.2) is 30.8 Å². The highest BCUT2D eigenvalue weighted by Crippen LogP contribution is 2.23. The van der Waals surface area contributed by atoms with E-state index < -0.39 is 0 Å². The zero-order valence-corrected chi connectivity index (χ0v) is 12.5. The molecule has 2 heterocycles. The lowest BCUT2D eigenvalue weighted by Crippen LogP contribution is -2.25. The number of carbonyl (C=O) groups is 1. The summed E-state index contributed by atoms with van der Waals surface area (Å²) >= 11 is 0. The fourth-order valence-electron chi connectivity index (χ4n) is 2.70. The van der Waals surface area contributed by atoms with E-state index in [9.17, 15) is 4.79 Å². The molecule has 2 aromatic rings. The van der Waals surface area contributed by atoms with Crippen molar-refractivity contribution in [3.8, 4) is 11.3 Å². The predicted octanol–water partition coefficient (Wildman–Crippen LogP) is 2.89. The summed E-state index contributed by atoms with van der Waals surface area (Å²) in [6.07, 6.45) is 4.67. The maximum atomic E-state index is 12.3. The first-order valence-corrected chi connectivity index (χ1v) is 7.70. The summed E-state index contributed by atoms with van der Waals surface area (Å²) in [5.74, 6) is 1.03. The average molecular weight is 300 g/mol. The van der Waals surface area contributed by atoms with E-state index in [0.717, 1.165) is 38.0 Å². The van der Waals surface area contributed by atoms with Gasteiger partial charge < -0.3 is 14.6 Å². The van der Waals surface area contributed by atoms with Crippen LogP contribution in [0.1, 0.15) is 29.6 Å². The van der Waals surface area contributed by atoms with Gasteiger partial charge in [0.1, 0.15) is 5.56 Å². The van der Waals surface area contributed by atoms with Gasteiger partial charge in [0, 0.05) is 25.3 Å². The summed E-state index contributed by atoms with van der Waals surface area (Å²) < 4.78 is 10.6. The topological polar surface area (TPSA) is 64.4 Å². The van der Waals surface area contributed by atoms with Crippen LogP contribution in [0.4, 0.5) is 0 Å². The molecule has 22 heavy (non-hydrogen) atoms. The van der Waals surface area contributed by atoms with Gasteiger partial charge >= 0.3 is 0 Å². The molecule has 1 N–H and O–H groups in total. The fourth-order valence-corrected chi connectivity index (χ4v) is 2.70. The van der Waals surface area contributed by atoms with Gasteiger partial charge in [0.2, 0.25) is 0 Å². The minimum atomic E-state index is -0.136. The van der Waals surface area contributed by atoms with E-state index in [1.165, 1.54) is 6.20 Å². The SMILES string of the molecule is O=C(NCCC[C@H]1CCOC1)c1cnoc1-c1ccccc1. The third kappa shape index (κ3) is 3.54. The van der Waals surface area contributed by atoms with Gasteiger partial charge in [0.15, 0.2) is 5.76 Å². The van der Waals surface area contributed by atoms with Crippen molar-refractivity contribution in [2.45, 2.75) is 19.3 Å². The normalized spacial score (nSPS) is 17.5. The van der Waals surface area contributed by atoms with Crippen LogP contribution in [0.2, 0.25) is 0 Å². The van der Waals surface area contributed by atoms with Gasteiger partial charge in [-0.2, -0.15) is 0 Å². The van der Waals surface area contributed by atoms with Gasteiger partial charge in [-0.15, -0.1) is 0 Å². The highest BCUT2D eigenvalue weighted by Gasteiger charge is 2.18. The first-order valence-electron chi connectivity index (χ1n) is 7.70. The molecule has 3 rings (SSSR count). The summed E-state index contributed by atoms with van der Waals surface area (Å²) in [4.78, 5) is 12.3. The standard InChI is InChI=1S/C17H20N2O3/c20-17(18-9-4-5-13-8-10-21-12-13)15-11-19-22-16(15)14-6-2-1-3-7-14/h1-3,6-7,11,13H,4-5,8-10,12H2,(H,18,20)/t13-/m0/s1. The van der Waals surface area contributed by atoms with Crippen LogP contribution in [-0.2, 0) is 4.74 Å². The van der Waals surface area contributed by atoms with Crippen molar-refractivity contribution in [3.63, 3.8) is 0 Å². The Kier molecular flexibility index (Phi) is 4.85. The van der Waals surface area contributed by atoms with Crippen LogP contribution in [0.25, 0.3) is 11.3 Å². The Bertz CT molecular complexity index is 603. The van der Waals surface area contributed by atoms with Gasteiger partial charge in [-0.05, 0) is 25.2 Å². The van der Waals surface area contributed by atoms with Crippen molar-refractivity contribution in [1.29, 1.82) is 0 Å². The van der Waals surface area contributed by atoms with Crippen molar-refractivity contribution in [3.05, 3.63) is 42.1 Å². The van der Waals surface area contributed by atoms with Crippen molar-refractivity contribution >= 4 is 5.91 Å². The second kappa shape index (κ2) is 7.22. The van der Waals surface area contributed by atoms with Gasteiger partial charge in [-0.3, -0.25) is 4.79 Å². The first kappa shape index (κ1) is 14.8. The Hall–Kier alpha value is -2.14. The van der Waals surface area contributed by atoms with Gasteiger partial charge in [-0.1, -0.05) is 35.5 Å². The summed E-state index contributed by atoms with van der Waals surface area (Å²) in [6.45, 7) is 2.39. The molecule has 1 atom stereocenters. The number of nitrogens with one attached hydrogen (secondary N) is 1. The summed E-state index contributed by atoms with van der Waals surface area (Å²) in [6, 6.07) is 9.54. The molecule has 1 saturated heterocycles. The van der Waals surface area contributed by atoms with Gasteiger partial charge in [-0.25, -0.2) is 0 Å². The number of benzene rings is 1. The highest BCUT2D eigenvalue weighted by molar-refractivity contribution is 5.99. The smallest absolute Gasteiger partial charge is 0.256 e. The molecule has 1 fully saturated rings. The minimum absolute atomic E-state index is 0.136. The second-order valence-corrected chi connectivity index (χ2v) is 5.56. The van der Waals surface area contributed by atoms with E-state index >= 15 is 0 Å². The molecule has 0 spiro atoms. The van der Waals surface area contributed by atoms with E-state index in [-0.39, 0.29) is 5.91 Å². The molecule has 0 bridgehead atoms. The molecule has 0 saturated carbocycles. The van der Waals surface area contributed by atoms with Crippen LogP contribution in [0.15, 0.2) is 41.1 Å². The number of aromatic nitrogens is 1. The Morgan fingerprint density at radius 2 is 2.18 bits per heavy atom. The number of hydrogen-bond donors (Lipinski definition) is 1. The third-order valence-electron chi connectivity index (χ3n) is 3.95. The quantitative estimate of drug-likeness (QED) is 0.833. The summed E-state index contributed by atoms with van der Waals surface area (Å²) in [5, 5.41) is 6.70. The number of hydrogen-bond acceptors (Lipinski definition) is 4. The van der Waals surface area contributed by atoms with E-state index in [2.05, 4.69) is 10.5 Å².